The van der Waals surface area contributed by atoms with Gasteiger partial charge in [-0.1, -0.05) is 18.2 Å². The minimum Gasteiger partial charge on any atom is -0.364 e. The van der Waals surface area contributed by atoms with Gasteiger partial charge in [-0.2, -0.15) is 10.2 Å². The molecule has 2 aliphatic rings. The van der Waals surface area contributed by atoms with E-state index in [0.29, 0.717) is 5.56 Å². The van der Waals surface area contributed by atoms with Crippen molar-refractivity contribution in [1.82, 2.24) is 30.9 Å². The van der Waals surface area contributed by atoms with Crippen molar-refractivity contribution in [3.8, 4) is 22.5 Å². The molecule has 0 saturated carbocycles. The molecule has 0 fully saturated rings. The van der Waals surface area contributed by atoms with Crippen LogP contribution in [-0.4, -0.2) is 32.9 Å². The van der Waals surface area contributed by atoms with Gasteiger partial charge in [-0.15, -0.1) is 0 Å². The van der Waals surface area contributed by atoms with E-state index in [1.165, 1.54) is 6.07 Å². The summed E-state index contributed by atoms with van der Waals surface area (Å²) in [7, 11) is 0. The third kappa shape index (κ3) is 2.92. The monoisotopic (exact) mass is 411 g/mol. The van der Waals surface area contributed by atoms with Crippen LogP contribution in [-0.2, 0) is 0 Å². The van der Waals surface area contributed by atoms with Crippen LogP contribution in [0.3, 0.4) is 0 Å². The van der Waals surface area contributed by atoms with Crippen LogP contribution < -0.4 is 21.3 Å². The molecule has 0 saturated heterocycles. The van der Waals surface area contributed by atoms with Gasteiger partial charge in [0, 0.05) is 52.6 Å². The molecule has 7 nitrogen and oxygen atoms in total. The second-order valence-electron chi connectivity index (χ2n) is 7.53. The van der Waals surface area contributed by atoms with Gasteiger partial charge in [0.25, 0.3) is 0 Å². The quantitative estimate of drug-likeness (QED) is 0.415. The van der Waals surface area contributed by atoms with E-state index in [1.807, 2.05) is 36.7 Å². The summed E-state index contributed by atoms with van der Waals surface area (Å²) in [6.07, 6.45) is 11.3. The predicted octanol–water partition coefficient (Wildman–Crippen LogP) is 1.97. The third-order valence-electron chi connectivity index (χ3n) is 5.67. The molecule has 4 aromatic rings. The highest BCUT2D eigenvalue weighted by Gasteiger charge is 2.17. The SMILES string of the molecule is Fc1ccccc1-c1cncc2[nH]c(-c3n[nH]c4c3=CNC(C3C=NNC3)=CC=4)cc12. The fraction of sp³-hybridized carbons (Fsp3) is 0.0870. The van der Waals surface area contributed by atoms with Crippen LogP contribution in [0.15, 0.2) is 59.6 Å². The summed E-state index contributed by atoms with van der Waals surface area (Å²) in [6.45, 7) is 0.771. The summed E-state index contributed by atoms with van der Waals surface area (Å²) in [5, 5.41) is 17.9. The molecule has 8 heteroatoms. The van der Waals surface area contributed by atoms with Crippen LogP contribution in [0.2, 0.25) is 0 Å². The molecule has 4 N–H and O–H groups in total. The van der Waals surface area contributed by atoms with Gasteiger partial charge in [0.15, 0.2) is 0 Å². The number of aromatic nitrogens is 4. The Balaban J connectivity index is 1.45. The van der Waals surface area contributed by atoms with Gasteiger partial charge in [0.05, 0.1) is 28.7 Å². The first-order valence-electron chi connectivity index (χ1n) is 9.99. The van der Waals surface area contributed by atoms with E-state index in [2.05, 4.69) is 36.0 Å². The second kappa shape index (κ2) is 6.94. The lowest BCUT2D eigenvalue weighted by Gasteiger charge is -2.10. The molecule has 0 radical (unpaired) electrons. The molecular weight excluding hydrogens is 393 g/mol. The van der Waals surface area contributed by atoms with E-state index in [1.54, 1.807) is 24.5 Å². The molecule has 6 rings (SSSR count). The Morgan fingerprint density at radius 1 is 1.06 bits per heavy atom. The standard InChI is InChI=1S/C23H18FN7/c24-18-4-2-1-3-14(18)16-10-25-12-22-15(16)7-21(29-22)23-17-11-26-19(13-8-27-28-9-13)5-6-20(17)30-31-23/h1-8,10-13,26,28-30H,9H2. The minimum atomic E-state index is -0.274. The summed E-state index contributed by atoms with van der Waals surface area (Å²) >= 11 is 0. The number of aromatic amines is 2. The summed E-state index contributed by atoms with van der Waals surface area (Å²) in [5.41, 5.74) is 7.74. The van der Waals surface area contributed by atoms with Gasteiger partial charge in [0.2, 0.25) is 0 Å². The van der Waals surface area contributed by atoms with Gasteiger partial charge in [-0.25, -0.2) is 4.39 Å². The van der Waals surface area contributed by atoms with Crippen molar-refractivity contribution in [3.63, 3.8) is 0 Å². The number of hydrazone groups is 1. The Kier molecular flexibility index (Phi) is 3.95. The lowest BCUT2D eigenvalue weighted by molar-refractivity contribution is 0.631. The van der Waals surface area contributed by atoms with Crippen molar-refractivity contribution >= 4 is 29.4 Å². The molecule has 0 aliphatic carbocycles. The average molecular weight is 411 g/mol. The summed E-state index contributed by atoms with van der Waals surface area (Å²) in [4.78, 5) is 7.69. The number of nitrogens with zero attached hydrogens (tertiary/aromatic N) is 3. The lowest BCUT2D eigenvalue weighted by Crippen LogP contribution is -2.26. The van der Waals surface area contributed by atoms with Crippen LogP contribution in [0.25, 0.3) is 45.7 Å². The van der Waals surface area contributed by atoms with Crippen LogP contribution in [0.5, 0.6) is 0 Å². The number of pyridine rings is 1. The smallest absolute Gasteiger partial charge is 0.131 e. The lowest BCUT2D eigenvalue weighted by atomic mass is 10.0. The second-order valence-corrected chi connectivity index (χ2v) is 7.53. The number of benzene rings is 1. The zero-order valence-electron chi connectivity index (χ0n) is 16.4. The van der Waals surface area contributed by atoms with Crippen molar-refractivity contribution in [2.45, 2.75) is 0 Å². The molecule has 2 aliphatic heterocycles. The summed E-state index contributed by atoms with van der Waals surface area (Å²) in [5.74, 6) is -0.0701. The van der Waals surface area contributed by atoms with Crippen LogP contribution in [0, 0.1) is 11.7 Å². The fourth-order valence-electron chi connectivity index (χ4n) is 4.06. The number of hydrogen-bond donors (Lipinski definition) is 4. The van der Waals surface area contributed by atoms with Gasteiger partial charge < -0.3 is 15.7 Å². The highest BCUT2D eigenvalue weighted by Crippen LogP contribution is 2.31. The van der Waals surface area contributed by atoms with Crippen molar-refractivity contribution < 1.29 is 4.39 Å². The number of halogens is 1. The van der Waals surface area contributed by atoms with Crippen LogP contribution >= 0.6 is 0 Å². The highest BCUT2D eigenvalue weighted by atomic mass is 19.1. The van der Waals surface area contributed by atoms with Crippen molar-refractivity contribution in [1.29, 1.82) is 0 Å². The van der Waals surface area contributed by atoms with E-state index in [-0.39, 0.29) is 11.7 Å². The van der Waals surface area contributed by atoms with Crippen LogP contribution in [0.1, 0.15) is 0 Å². The van der Waals surface area contributed by atoms with Gasteiger partial charge in [-0.3, -0.25) is 10.1 Å². The molecule has 1 atom stereocenters. The minimum absolute atomic E-state index is 0.204. The zero-order valence-corrected chi connectivity index (χ0v) is 16.4. The Morgan fingerprint density at radius 2 is 2.00 bits per heavy atom. The molecule has 152 valence electrons. The maximum absolute atomic E-state index is 14.4. The van der Waals surface area contributed by atoms with Crippen LogP contribution in [0.4, 0.5) is 4.39 Å². The average Bonchev–Trinajstić information content (AvgIpc) is 3.52. The molecule has 0 amide bonds. The Bertz CT molecular complexity index is 1490. The normalized spacial score (nSPS) is 17.2. The Morgan fingerprint density at radius 3 is 2.87 bits per heavy atom. The summed E-state index contributed by atoms with van der Waals surface area (Å²) in [6, 6.07) is 8.73. The predicted molar refractivity (Wildman–Crippen MR) is 118 cm³/mol. The van der Waals surface area contributed by atoms with E-state index in [0.717, 1.165) is 50.7 Å². The number of hydrogen-bond acceptors (Lipinski definition) is 5. The molecule has 0 bridgehead atoms. The maximum Gasteiger partial charge on any atom is 0.131 e. The number of rotatable bonds is 3. The molecule has 0 spiro atoms. The van der Waals surface area contributed by atoms with Gasteiger partial charge in [-0.05, 0) is 24.3 Å². The van der Waals surface area contributed by atoms with Gasteiger partial charge >= 0.3 is 0 Å². The van der Waals surface area contributed by atoms with Crippen molar-refractivity contribution in [2.24, 2.45) is 11.0 Å². The zero-order chi connectivity index (χ0) is 20.8. The summed E-state index contributed by atoms with van der Waals surface area (Å²) < 4.78 is 14.4. The fourth-order valence-corrected chi connectivity index (χ4v) is 4.06. The molecular formula is C23H18FN7. The van der Waals surface area contributed by atoms with E-state index in [9.17, 15) is 4.39 Å². The number of nitrogens with one attached hydrogen (secondary N) is 4. The first kappa shape index (κ1) is 17.6. The van der Waals surface area contributed by atoms with Crippen molar-refractivity contribution in [2.75, 3.05) is 6.54 Å². The third-order valence-corrected chi connectivity index (χ3v) is 5.67. The van der Waals surface area contributed by atoms with E-state index < -0.39 is 0 Å². The van der Waals surface area contributed by atoms with Crippen molar-refractivity contribution in [3.05, 3.63) is 70.9 Å². The molecule has 31 heavy (non-hydrogen) atoms. The first-order valence-corrected chi connectivity index (χ1v) is 9.99. The molecule has 1 unspecified atom stereocenters. The highest BCUT2D eigenvalue weighted by molar-refractivity contribution is 5.97. The Hall–Kier alpha value is -4.20. The van der Waals surface area contributed by atoms with E-state index in [4.69, 9.17) is 0 Å². The maximum atomic E-state index is 14.4. The Labute approximate surface area is 176 Å². The number of fused-ring (bicyclic) bond motifs is 2. The number of allylic oxidation sites excluding steroid dienone is 1. The topological polar surface area (TPSA) is 93.8 Å². The first-order chi connectivity index (χ1) is 15.3. The molecule has 1 aromatic carbocycles. The molecule has 3 aromatic heterocycles. The number of H-pyrrole nitrogens is 2. The molecule has 5 heterocycles. The largest absolute Gasteiger partial charge is 0.364 e. The van der Waals surface area contributed by atoms with Gasteiger partial charge in [0.1, 0.15) is 11.5 Å². The van der Waals surface area contributed by atoms with E-state index >= 15 is 0 Å².